The summed E-state index contributed by atoms with van der Waals surface area (Å²) in [6.45, 7) is 12.4. The Bertz CT molecular complexity index is 668. The van der Waals surface area contributed by atoms with Crippen LogP contribution in [0.25, 0.3) is 0 Å². The van der Waals surface area contributed by atoms with Crippen molar-refractivity contribution in [3.05, 3.63) is 0 Å². The van der Waals surface area contributed by atoms with E-state index in [4.69, 9.17) is 9.73 Å². The van der Waals surface area contributed by atoms with Crippen molar-refractivity contribution in [2.45, 2.75) is 84.3 Å². The van der Waals surface area contributed by atoms with Crippen molar-refractivity contribution in [2.75, 3.05) is 39.3 Å². The van der Waals surface area contributed by atoms with Crippen molar-refractivity contribution in [1.29, 1.82) is 0 Å². The first-order valence-electron chi connectivity index (χ1n) is 12.6. The third-order valence-electron chi connectivity index (χ3n) is 6.66. The normalized spacial score (nSPS) is 22.8. The zero-order valence-corrected chi connectivity index (χ0v) is 23.2. The Kier molecular flexibility index (Phi) is 11.0. The van der Waals surface area contributed by atoms with E-state index in [2.05, 4.69) is 17.6 Å². The summed E-state index contributed by atoms with van der Waals surface area (Å²) in [7, 11) is 0. The van der Waals surface area contributed by atoms with Crippen LogP contribution in [0, 0.1) is 11.8 Å². The summed E-state index contributed by atoms with van der Waals surface area (Å²) >= 11 is 0. The van der Waals surface area contributed by atoms with Gasteiger partial charge in [-0.05, 0) is 65.7 Å². The molecule has 1 atom stereocenters. The van der Waals surface area contributed by atoms with Crippen LogP contribution < -0.4 is 10.6 Å². The number of ether oxygens (including phenoxy) is 1. The van der Waals surface area contributed by atoms with Crippen LogP contribution in [0.15, 0.2) is 4.99 Å². The monoisotopic (exact) mass is 577 g/mol. The molecular formula is C24H44IN5O3. The van der Waals surface area contributed by atoms with Crippen LogP contribution in [-0.4, -0.2) is 78.7 Å². The molecule has 1 saturated carbocycles. The highest BCUT2D eigenvalue weighted by Crippen LogP contribution is 2.28. The van der Waals surface area contributed by atoms with E-state index in [0.29, 0.717) is 11.8 Å². The maximum absolute atomic E-state index is 12.7. The summed E-state index contributed by atoms with van der Waals surface area (Å²) in [4.78, 5) is 33.6. The summed E-state index contributed by atoms with van der Waals surface area (Å²) in [5.74, 6) is 1.91. The molecule has 1 unspecified atom stereocenters. The summed E-state index contributed by atoms with van der Waals surface area (Å²) in [6.07, 6.45) is 7.14. The van der Waals surface area contributed by atoms with Gasteiger partial charge in [0.15, 0.2) is 5.96 Å². The third kappa shape index (κ3) is 8.79. The third-order valence-corrected chi connectivity index (χ3v) is 6.66. The number of nitrogens with one attached hydrogen (secondary N) is 2. The van der Waals surface area contributed by atoms with E-state index in [1.54, 1.807) is 0 Å². The molecule has 8 nitrogen and oxygen atoms in total. The molecule has 2 heterocycles. The number of rotatable bonds is 5. The minimum Gasteiger partial charge on any atom is -0.444 e. The molecule has 2 saturated heterocycles. The van der Waals surface area contributed by atoms with Gasteiger partial charge in [-0.25, -0.2) is 4.79 Å². The molecular weight excluding hydrogens is 533 g/mol. The number of carbonyl (C=O) groups is 2. The fraction of sp³-hybridized carbons (Fsp3) is 0.875. The Morgan fingerprint density at radius 2 is 1.64 bits per heavy atom. The maximum atomic E-state index is 12.7. The van der Waals surface area contributed by atoms with Crippen LogP contribution in [0.3, 0.4) is 0 Å². The first-order chi connectivity index (χ1) is 15.2. The zero-order chi connectivity index (χ0) is 23.1. The number of halogens is 1. The summed E-state index contributed by atoms with van der Waals surface area (Å²) in [5, 5.41) is 6.90. The Morgan fingerprint density at radius 3 is 2.24 bits per heavy atom. The van der Waals surface area contributed by atoms with Crippen LogP contribution in [0.2, 0.25) is 0 Å². The average molecular weight is 578 g/mol. The lowest BCUT2D eigenvalue weighted by molar-refractivity contribution is -0.134. The smallest absolute Gasteiger partial charge is 0.410 e. The molecule has 0 aromatic rings. The number of nitrogens with zero attached hydrogens (tertiary/aromatic N) is 3. The van der Waals surface area contributed by atoms with Crippen molar-refractivity contribution in [3.8, 4) is 0 Å². The fourth-order valence-corrected chi connectivity index (χ4v) is 4.87. The molecule has 3 rings (SSSR count). The molecule has 0 radical (unpaired) electrons. The molecule has 3 fully saturated rings. The highest BCUT2D eigenvalue weighted by atomic mass is 127. The topological polar surface area (TPSA) is 86.3 Å². The van der Waals surface area contributed by atoms with Gasteiger partial charge in [0.25, 0.3) is 0 Å². The maximum Gasteiger partial charge on any atom is 0.410 e. The van der Waals surface area contributed by atoms with Gasteiger partial charge in [0.05, 0.1) is 0 Å². The molecule has 3 aliphatic rings. The van der Waals surface area contributed by atoms with E-state index >= 15 is 0 Å². The zero-order valence-electron chi connectivity index (χ0n) is 20.9. The Morgan fingerprint density at radius 1 is 1.00 bits per heavy atom. The van der Waals surface area contributed by atoms with E-state index < -0.39 is 5.60 Å². The van der Waals surface area contributed by atoms with Crippen LogP contribution in [0.5, 0.6) is 0 Å². The molecule has 0 aromatic heterocycles. The van der Waals surface area contributed by atoms with Gasteiger partial charge < -0.3 is 25.2 Å². The molecule has 2 N–H and O–H groups in total. The Balaban J connectivity index is 0.00000385. The van der Waals surface area contributed by atoms with Crippen LogP contribution >= 0.6 is 24.0 Å². The average Bonchev–Trinajstić information content (AvgIpc) is 3.43. The summed E-state index contributed by atoms with van der Waals surface area (Å²) in [6, 6.07) is 0.257. The molecule has 0 aromatic carbocycles. The molecule has 0 bridgehead atoms. The molecule has 2 aliphatic heterocycles. The Hall–Kier alpha value is -1.26. The van der Waals surface area contributed by atoms with Gasteiger partial charge >= 0.3 is 6.09 Å². The van der Waals surface area contributed by atoms with Crippen LogP contribution in [-0.2, 0) is 9.53 Å². The first kappa shape index (κ1) is 28.0. The largest absolute Gasteiger partial charge is 0.444 e. The van der Waals surface area contributed by atoms with Gasteiger partial charge in [0.1, 0.15) is 5.60 Å². The van der Waals surface area contributed by atoms with E-state index in [9.17, 15) is 9.59 Å². The van der Waals surface area contributed by atoms with Gasteiger partial charge in [-0.1, -0.05) is 12.8 Å². The van der Waals surface area contributed by atoms with Crippen LogP contribution in [0.1, 0.15) is 72.6 Å². The SMILES string of the molecule is CCNC(=NCC1CCN(C(=O)OC(C)(C)C)CC1)NC1CCN(C(=O)C2CCCC2)C1.I. The van der Waals surface area contributed by atoms with Gasteiger partial charge in [-0.15, -0.1) is 24.0 Å². The number of amides is 2. The number of hydrogen-bond donors (Lipinski definition) is 2. The number of likely N-dealkylation sites (tertiary alicyclic amines) is 2. The van der Waals surface area contributed by atoms with Crippen molar-refractivity contribution in [1.82, 2.24) is 20.4 Å². The number of guanidine groups is 1. The van der Waals surface area contributed by atoms with E-state index in [0.717, 1.165) is 77.3 Å². The van der Waals surface area contributed by atoms with Crippen molar-refractivity contribution in [3.63, 3.8) is 0 Å². The van der Waals surface area contributed by atoms with Crippen LogP contribution in [0.4, 0.5) is 4.79 Å². The van der Waals surface area contributed by atoms with Gasteiger partial charge in [-0.3, -0.25) is 9.79 Å². The van der Waals surface area contributed by atoms with Gasteiger partial charge in [0.2, 0.25) is 5.91 Å². The lowest BCUT2D eigenvalue weighted by Gasteiger charge is -2.33. The Labute approximate surface area is 216 Å². The fourth-order valence-electron chi connectivity index (χ4n) is 4.87. The van der Waals surface area contributed by atoms with E-state index in [1.807, 2.05) is 30.6 Å². The van der Waals surface area contributed by atoms with Crippen molar-refractivity contribution < 1.29 is 14.3 Å². The van der Waals surface area contributed by atoms with Crippen molar-refractivity contribution in [2.24, 2.45) is 16.8 Å². The number of carbonyl (C=O) groups excluding carboxylic acids is 2. The number of hydrogen-bond acceptors (Lipinski definition) is 4. The molecule has 2 amide bonds. The second-order valence-corrected chi connectivity index (χ2v) is 10.5. The molecule has 0 spiro atoms. The minimum absolute atomic E-state index is 0. The summed E-state index contributed by atoms with van der Waals surface area (Å²) in [5.41, 5.74) is -0.456. The van der Waals surface area contributed by atoms with Gasteiger partial charge in [-0.2, -0.15) is 0 Å². The summed E-state index contributed by atoms with van der Waals surface area (Å²) < 4.78 is 5.49. The standard InChI is InChI=1S/C24H43N5O3.HI/c1-5-25-22(27-20-12-15-29(17-20)21(30)19-8-6-7-9-19)26-16-18-10-13-28(14-11-18)23(31)32-24(2,3)4;/h18-20H,5-17H2,1-4H3,(H2,25,26,27);1H. The lowest BCUT2D eigenvalue weighted by atomic mass is 9.97. The molecule has 1 aliphatic carbocycles. The van der Waals surface area contributed by atoms with Crippen molar-refractivity contribution >= 4 is 41.9 Å². The molecule has 9 heteroatoms. The number of aliphatic imine (C=N–C) groups is 1. The van der Waals surface area contributed by atoms with E-state index in [-0.39, 0.29) is 42.0 Å². The van der Waals surface area contributed by atoms with Gasteiger partial charge in [0, 0.05) is 51.2 Å². The highest BCUT2D eigenvalue weighted by molar-refractivity contribution is 14.0. The van der Waals surface area contributed by atoms with E-state index in [1.165, 1.54) is 12.8 Å². The predicted molar refractivity (Wildman–Crippen MR) is 142 cm³/mol. The second kappa shape index (κ2) is 13.0. The highest BCUT2D eigenvalue weighted by Gasteiger charge is 2.32. The molecule has 33 heavy (non-hydrogen) atoms. The quantitative estimate of drug-likeness (QED) is 0.297. The second-order valence-electron chi connectivity index (χ2n) is 10.5. The minimum atomic E-state index is -0.456. The number of piperidine rings is 1. The molecule has 190 valence electrons. The first-order valence-corrected chi connectivity index (χ1v) is 12.6. The lowest BCUT2D eigenvalue weighted by Crippen LogP contribution is -2.46. The predicted octanol–water partition coefficient (Wildman–Crippen LogP) is 3.60.